The molecule has 1 fully saturated rings. The number of amides is 1. The molecule has 1 aromatic heterocycles. The zero-order valence-corrected chi connectivity index (χ0v) is 12.3. The molecular weight excluding hydrogens is 287 g/mol. The van der Waals surface area contributed by atoms with Gasteiger partial charge < -0.3 is 10.6 Å². The Kier molecular flexibility index (Phi) is 9.47. The Morgan fingerprint density at radius 2 is 2.26 bits per heavy atom. The zero-order valence-electron chi connectivity index (χ0n) is 10.7. The minimum Gasteiger partial charge on any atom is -0.351 e. The first-order valence-corrected chi connectivity index (χ1v) is 6.11. The molecule has 0 saturated carbocycles. The minimum absolute atomic E-state index is 0. The lowest BCUT2D eigenvalue weighted by Gasteiger charge is -2.22. The second kappa shape index (κ2) is 9.95. The molecule has 1 atom stereocenters. The summed E-state index contributed by atoms with van der Waals surface area (Å²) in [5.74, 6) is 0.549. The molecule has 0 radical (unpaired) electrons. The molecule has 2 heterocycles. The van der Waals surface area contributed by atoms with Gasteiger partial charge >= 0.3 is 0 Å². The maximum atomic E-state index is 11.7. The van der Waals surface area contributed by atoms with Gasteiger partial charge in [-0.1, -0.05) is 0 Å². The highest BCUT2D eigenvalue weighted by atomic mass is 35.5. The minimum atomic E-state index is -0.137. The molecule has 0 aromatic carbocycles. The molecule has 19 heavy (non-hydrogen) atoms. The van der Waals surface area contributed by atoms with Crippen molar-refractivity contribution in [1.29, 1.82) is 0 Å². The second-order valence-corrected chi connectivity index (χ2v) is 4.35. The van der Waals surface area contributed by atoms with Gasteiger partial charge in [-0.25, -0.2) is 4.98 Å². The molecule has 5 nitrogen and oxygen atoms in total. The van der Waals surface area contributed by atoms with Gasteiger partial charge in [-0.15, -0.1) is 24.8 Å². The van der Waals surface area contributed by atoms with Gasteiger partial charge in [0.15, 0.2) is 0 Å². The fraction of sp³-hybridized carbons (Fsp3) is 0.583. The van der Waals surface area contributed by atoms with Gasteiger partial charge in [0.2, 0.25) is 0 Å². The number of aromatic nitrogens is 2. The number of halogens is 2. The maximum absolute atomic E-state index is 11.7. The van der Waals surface area contributed by atoms with E-state index in [1.165, 1.54) is 25.2 Å². The normalized spacial score (nSPS) is 17.8. The Hall–Kier alpha value is -0.910. The molecule has 2 rings (SSSR count). The van der Waals surface area contributed by atoms with Gasteiger partial charge in [-0.05, 0) is 38.3 Å². The Balaban J connectivity index is 0.00000162. The number of carbonyl (C=O) groups is 1. The van der Waals surface area contributed by atoms with E-state index in [1.807, 2.05) is 0 Å². The van der Waals surface area contributed by atoms with Crippen molar-refractivity contribution < 1.29 is 4.79 Å². The van der Waals surface area contributed by atoms with Gasteiger partial charge in [0.25, 0.3) is 5.91 Å². The standard InChI is InChI=1S/C12H18N4O.2ClH/c17-12(11-9-14-6-7-15-11)16-5-3-10-2-1-4-13-8-10;;/h6-7,9-10,13H,1-5,8H2,(H,16,17);2*1H. The third-order valence-electron chi connectivity index (χ3n) is 3.03. The van der Waals surface area contributed by atoms with Crippen molar-refractivity contribution in [2.24, 2.45) is 5.92 Å². The molecule has 0 spiro atoms. The third-order valence-corrected chi connectivity index (χ3v) is 3.03. The van der Waals surface area contributed by atoms with E-state index in [9.17, 15) is 4.79 Å². The molecule has 0 bridgehead atoms. The van der Waals surface area contributed by atoms with Crippen molar-refractivity contribution in [3.8, 4) is 0 Å². The lowest BCUT2D eigenvalue weighted by Crippen LogP contribution is -2.33. The van der Waals surface area contributed by atoms with Crippen LogP contribution in [0.3, 0.4) is 0 Å². The third kappa shape index (κ3) is 6.18. The van der Waals surface area contributed by atoms with Crippen molar-refractivity contribution in [1.82, 2.24) is 20.6 Å². The highest BCUT2D eigenvalue weighted by molar-refractivity contribution is 5.91. The van der Waals surface area contributed by atoms with Crippen LogP contribution in [0.2, 0.25) is 0 Å². The first-order valence-electron chi connectivity index (χ1n) is 6.11. The van der Waals surface area contributed by atoms with Crippen LogP contribution in [0.1, 0.15) is 29.8 Å². The Morgan fingerprint density at radius 3 is 2.89 bits per heavy atom. The number of rotatable bonds is 4. The van der Waals surface area contributed by atoms with Crippen molar-refractivity contribution in [2.45, 2.75) is 19.3 Å². The lowest BCUT2D eigenvalue weighted by atomic mass is 9.96. The smallest absolute Gasteiger partial charge is 0.271 e. The maximum Gasteiger partial charge on any atom is 0.271 e. The highest BCUT2D eigenvalue weighted by Crippen LogP contribution is 2.12. The zero-order chi connectivity index (χ0) is 11.9. The van der Waals surface area contributed by atoms with Gasteiger partial charge in [-0.2, -0.15) is 0 Å². The predicted molar refractivity (Wildman–Crippen MR) is 79.1 cm³/mol. The van der Waals surface area contributed by atoms with E-state index in [2.05, 4.69) is 20.6 Å². The summed E-state index contributed by atoms with van der Waals surface area (Å²) in [6, 6.07) is 0. The molecule has 108 valence electrons. The lowest BCUT2D eigenvalue weighted by molar-refractivity contribution is 0.0945. The number of nitrogens with one attached hydrogen (secondary N) is 2. The summed E-state index contributed by atoms with van der Waals surface area (Å²) in [5, 5.41) is 6.25. The quantitative estimate of drug-likeness (QED) is 0.883. The molecule has 0 aliphatic carbocycles. The first kappa shape index (κ1) is 18.1. The molecule has 1 aromatic rings. The summed E-state index contributed by atoms with van der Waals surface area (Å²) >= 11 is 0. The van der Waals surface area contributed by atoms with Crippen LogP contribution in [0.15, 0.2) is 18.6 Å². The summed E-state index contributed by atoms with van der Waals surface area (Å²) in [7, 11) is 0. The molecule has 1 aliphatic rings. The van der Waals surface area contributed by atoms with Gasteiger partial charge in [-0.3, -0.25) is 9.78 Å². The van der Waals surface area contributed by atoms with Crippen LogP contribution in [0.4, 0.5) is 0 Å². The molecule has 7 heteroatoms. The van der Waals surface area contributed by atoms with Crippen molar-refractivity contribution in [3.63, 3.8) is 0 Å². The van der Waals surface area contributed by atoms with Crippen LogP contribution in [-0.4, -0.2) is 35.5 Å². The SMILES string of the molecule is Cl.Cl.O=C(NCCC1CCCNC1)c1cnccn1. The Labute approximate surface area is 125 Å². The molecule has 1 amide bonds. The average molecular weight is 307 g/mol. The molecular formula is C12H20Cl2N4O. The van der Waals surface area contributed by atoms with Crippen LogP contribution < -0.4 is 10.6 Å². The van der Waals surface area contributed by atoms with Crippen LogP contribution >= 0.6 is 24.8 Å². The Morgan fingerprint density at radius 1 is 1.42 bits per heavy atom. The van der Waals surface area contributed by atoms with Gasteiger partial charge in [0.05, 0.1) is 6.20 Å². The van der Waals surface area contributed by atoms with Crippen LogP contribution in [-0.2, 0) is 0 Å². The fourth-order valence-electron chi connectivity index (χ4n) is 2.07. The van der Waals surface area contributed by atoms with Crippen molar-refractivity contribution in [3.05, 3.63) is 24.3 Å². The van der Waals surface area contributed by atoms with E-state index < -0.39 is 0 Å². The van der Waals surface area contributed by atoms with E-state index in [-0.39, 0.29) is 30.7 Å². The van der Waals surface area contributed by atoms with Crippen molar-refractivity contribution >= 4 is 30.7 Å². The summed E-state index contributed by atoms with van der Waals surface area (Å²) in [5.41, 5.74) is 0.384. The van der Waals surface area contributed by atoms with Gasteiger partial charge in [0, 0.05) is 18.9 Å². The molecule has 2 N–H and O–H groups in total. The number of hydrogen-bond donors (Lipinski definition) is 2. The monoisotopic (exact) mass is 306 g/mol. The van der Waals surface area contributed by atoms with E-state index in [4.69, 9.17) is 0 Å². The topological polar surface area (TPSA) is 66.9 Å². The second-order valence-electron chi connectivity index (χ2n) is 4.35. The van der Waals surface area contributed by atoms with E-state index in [0.29, 0.717) is 18.2 Å². The highest BCUT2D eigenvalue weighted by Gasteiger charge is 2.13. The van der Waals surface area contributed by atoms with E-state index >= 15 is 0 Å². The summed E-state index contributed by atoms with van der Waals surface area (Å²) in [6.45, 7) is 2.91. The van der Waals surface area contributed by atoms with Gasteiger partial charge in [0.1, 0.15) is 5.69 Å². The molecule has 1 aliphatic heterocycles. The average Bonchev–Trinajstić information content (AvgIpc) is 2.41. The predicted octanol–water partition coefficient (Wildman–Crippen LogP) is 1.44. The van der Waals surface area contributed by atoms with Crippen LogP contribution in [0.5, 0.6) is 0 Å². The summed E-state index contributed by atoms with van der Waals surface area (Å²) in [6.07, 6.45) is 8.09. The van der Waals surface area contributed by atoms with Crippen molar-refractivity contribution in [2.75, 3.05) is 19.6 Å². The summed E-state index contributed by atoms with van der Waals surface area (Å²) < 4.78 is 0. The largest absolute Gasteiger partial charge is 0.351 e. The number of nitrogens with zero attached hydrogens (tertiary/aromatic N) is 2. The summed E-state index contributed by atoms with van der Waals surface area (Å²) in [4.78, 5) is 19.5. The van der Waals surface area contributed by atoms with E-state index in [0.717, 1.165) is 19.5 Å². The number of piperidine rings is 1. The molecule has 1 saturated heterocycles. The van der Waals surface area contributed by atoms with E-state index in [1.54, 1.807) is 6.20 Å². The van der Waals surface area contributed by atoms with Crippen LogP contribution in [0, 0.1) is 5.92 Å². The molecule has 1 unspecified atom stereocenters. The number of carbonyl (C=O) groups excluding carboxylic acids is 1. The number of hydrogen-bond acceptors (Lipinski definition) is 4. The van der Waals surface area contributed by atoms with Crippen LogP contribution in [0.25, 0.3) is 0 Å². The fourth-order valence-corrected chi connectivity index (χ4v) is 2.07. The first-order chi connectivity index (χ1) is 8.36. The Bertz CT molecular complexity index is 358.